The summed E-state index contributed by atoms with van der Waals surface area (Å²) in [6.07, 6.45) is 1.74. The van der Waals surface area contributed by atoms with E-state index in [1.54, 1.807) is 61.5 Å². The van der Waals surface area contributed by atoms with Crippen LogP contribution in [0.4, 0.5) is 10.2 Å². The fourth-order valence-corrected chi connectivity index (χ4v) is 3.39. The zero-order chi connectivity index (χ0) is 19.0. The highest BCUT2D eigenvalue weighted by Crippen LogP contribution is 2.40. The number of halogens is 1. The Kier molecular flexibility index (Phi) is 4.27. The van der Waals surface area contributed by atoms with Gasteiger partial charge < -0.3 is 14.8 Å². The first kappa shape index (κ1) is 17.1. The highest BCUT2D eigenvalue weighted by Gasteiger charge is 2.32. The van der Waals surface area contributed by atoms with E-state index in [0.29, 0.717) is 34.3 Å². The van der Waals surface area contributed by atoms with Crippen LogP contribution in [0.15, 0.2) is 48.8 Å². The minimum atomic E-state index is -0.451. The van der Waals surface area contributed by atoms with Crippen molar-refractivity contribution in [1.82, 2.24) is 9.55 Å². The molecule has 138 valence electrons. The molecule has 1 atom stereocenters. The maximum absolute atomic E-state index is 14.3. The molecule has 0 unspecified atom stereocenters. The Balaban J connectivity index is 1.87. The highest BCUT2D eigenvalue weighted by molar-refractivity contribution is 5.94. The number of carbonyl (C=O) groups is 1. The molecule has 1 aromatic heterocycles. The number of amides is 1. The van der Waals surface area contributed by atoms with Crippen molar-refractivity contribution in [1.29, 1.82) is 0 Å². The van der Waals surface area contributed by atoms with Crippen LogP contribution >= 0.6 is 0 Å². The Morgan fingerprint density at radius 1 is 1.19 bits per heavy atom. The van der Waals surface area contributed by atoms with E-state index < -0.39 is 5.92 Å². The molecule has 0 aliphatic carbocycles. The molecule has 1 amide bonds. The summed E-state index contributed by atoms with van der Waals surface area (Å²) in [6.45, 7) is 0. The van der Waals surface area contributed by atoms with Gasteiger partial charge in [-0.25, -0.2) is 9.37 Å². The Labute approximate surface area is 155 Å². The number of nitrogens with one attached hydrogen (secondary N) is 1. The summed E-state index contributed by atoms with van der Waals surface area (Å²) < 4.78 is 26.8. The normalized spacial score (nSPS) is 15.8. The summed E-state index contributed by atoms with van der Waals surface area (Å²) in [5.41, 5.74) is 1.74. The summed E-state index contributed by atoms with van der Waals surface area (Å²) in [4.78, 5) is 16.8. The number of carbonyl (C=O) groups excluding carboxylic acids is 1. The van der Waals surface area contributed by atoms with Crippen LogP contribution in [-0.2, 0) is 4.79 Å². The molecule has 1 N–H and O–H groups in total. The van der Waals surface area contributed by atoms with Crippen molar-refractivity contribution < 1.29 is 18.7 Å². The summed E-state index contributed by atoms with van der Waals surface area (Å²) >= 11 is 0. The van der Waals surface area contributed by atoms with Gasteiger partial charge in [0, 0.05) is 18.4 Å². The molecule has 2 heterocycles. The molecule has 6 nitrogen and oxygen atoms in total. The van der Waals surface area contributed by atoms with Gasteiger partial charge in [-0.1, -0.05) is 18.2 Å². The number of anilines is 1. The van der Waals surface area contributed by atoms with Crippen LogP contribution in [0.2, 0.25) is 0 Å². The fraction of sp³-hybridized carbons (Fsp3) is 0.200. The summed E-state index contributed by atoms with van der Waals surface area (Å²) in [5, 5.41) is 2.86. The lowest BCUT2D eigenvalue weighted by Crippen LogP contribution is -2.25. The SMILES string of the molecule is COc1ccc(OC)c(-n2cnc3c2NC(=O)C[C@@H]3c2ccccc2F)c1. The molecule has 1 aliphatic heterocycles. The van der Waals surface area contributed by atoms with Gasteiger partial charge in [-0.3, -0.25) is 9.36 Å². The van der Waals surface area contributed by atoms with Crippen LogP contribution in [-0.4, -0.2) is 29.7 Å². The fourth-order valence-electron chi connectivity index (χ4n) is 3.39. The van der Waals surface area contributed by atoms with Crippen LogP contribution in [0, 0.1) is 5.82 Å². The molecule has 1 aliphatic rings. The molecule has 2 aromatic carbocycles. The quantitative estimate of drug-likeness (QED) is 0.766. The maximum atomic E-state index is 14.3. The molecule has 3 aromatic rings. The molecule has 0 saturated heterocycles. The average molecular weight is 367 g/mol. The zero-order valence-electron chi connectivity index (χ0n) is 14.9. The minimum absolute atomic E-state index is 0.139. The van der Waals surface area contributed by atoms with Crippen molar-refractivity contribution in [3.05, 3.63) is 65.9 Å². The van der Waals surface area contributed by atoms with Crippen LogP contribution in [0.5, 0.6) is 11.5 Å². The number of rotatable bonds is 4. The third-order valence-corrected chi connectivity index (χ3v) is 4.70. The van der Waals surface area contributed by atoms with Gasteiger partial charge in [0.2, 0.25) is 5.91 Å². The highest BCUT2D eigenvalue weighted by atomic mass is 19.1. The van der Waals surface area contributed by atoms with E-state index in [4.69, 9.17) is 9.47 Å². The number of ether oxygens (including phenoxy) is 2. The Morgan fingerprint density at radius 3 is 2.74 bits per heavy atom. The lowest BCUT2D eigenvalue weighted by molar-refractivity contribution is -0.116. The maximum Gasteiger partial charge on any atom is 0.226 e. The number of benzene rings is 2. The van der Waals surface area contributed by atoms with Crippen molar-refractivity contribution in [3.8, 4) is 17.2 Å². The second kappa shape index (κ2) is 6.75. The second-order valence-electron chi connectivity index (χ2n) is 6.21. The largest absolute Gasteiger partial charge is 0.497 e. The number of fused-ring (bicyclic) bond motifs is 1. The zero-order valence-corrected chi connectivity index (χ0v) is 14.9. The third-order valence-electron chi connectivity index (χ3n) is 4.70. The van der Waals surface area contributed by atoms with Crippen molar-refractivity contribution in [2.45, 2.75) is 12.3 Å². The number of aromatic nitrogens is 2. The number of nitrogens with zero attached hydrogens (tertiary/aromatic N) is 2. The van der Waals surface area contributed by atoms with Gasteiger partial charge in [-0.2, -0.15) is 0 Å². The lowest BCUT2D eigenvalue weighted by Gasteiger charge is -2.24. The molecule has 27 heavy (non-hydrogen) atoms. The van der Waals surface area contributed by atoms with Gasteiger partial charge in [0.25, 0.3) is 0 Å². The first-order valence-corrected chi connectivity index (χ1v) is 8.46. The summed E-state index contributed by atoms with van der Waals surface area (Å²) in [5.74, 6) is 0.745. The van der Waals surface area contributed by atoms with Gasteiger partial charge in [0.15, 0.2) is 0 Å². The molecule has 0 fully saturated rings. The lowest BCUT2D eigenvalue weighted by atomic mass is 9.89. The van der Waals surface area contributed by atoms with Crippen LogP contribution in [0.1, 0.15) is 23.6 Å². The predicted octanol–water partition coefficient (Wildman–Crippen LogP) is 3.50. The monoisotopic (exact) mass is 367 g/mol. The van der Waals surface area contributed by atoms with E-state index >= 15 is 0 Å². The van der Waals surface area contributed by atoms with E-state index in [0.717, 1.165) is 0 Å². The topological polar surface area (TPSA) is 65.4 Å². The van der Waals surface area contributed by atoms with Gasteiger partial charge in [0.1, 0.15) is 29.5 Å². The van der Waals surface area contributed by atoms with Gasteiger partial charge in [-0.15, -0.1) is 0 Å². The molecular formula is C20H18FN3O3. The van der Waals surface area contributed by atoms with Gasteiger partial charge >= 0.3 is 0 Å². The minimum Gasteiger partial charge on any atom is -0.497 e. The van der Waals surface area contributed by atoms with Gasteiger partial charge in [-0.05, 0) is 23.8 Å². The molecule has 0 saturated carbocycles. The Bertz CT molecular complexity index is 1020. The third kappa shape index (κ3) is 2.91. The van der Waals surface area contributed by atoms with Crippen molar-refractivity contribution in [3.63, 3.8) is 0 Å². The number of methoxy groups -OCH3 is 2. The smallest absolute Gasteiger partial charge is 0.226 e. The van der Waals surface area contributed by atoms with Gasteiger partial charge in [0.05, 0.1) is 25.6 Å². The Morgan fingerprint density at radius 2 is 2.00 bits per heavy atom. The van der Waals surface area contributed by atoms with Crippen molar-refractivity contribution in [2.24, 2.45) is 0 Å². The Hall–Kier alpha value is -3.35. The first-order valence-electron chi connectivity index (χ1n) is 8.46. The molecule has 0 spiro atoms. The van der Waals surface area contributed by atoms with Crippen molar-refractivity contribution in [2.75, 3.05) is 19.5 Å². The summed E-state index contributed by atoms with van der Waals surface area (Å²) in [6, 6.07) is 11.8. The van der Waals surface area contributed by atoms with E-state index in [9.17, 15) is 9.18 Å². The molecular weight excluding hydrogens is 349 g/mol. The average Bonchev–Trinajstić information content (AvgIpc) is 3.10. The molecule has 4 rings (SSSR count). The molecule has 0 radical (unpaired) electrons. The first-order chi connectivity index (χ1) is 13.1. The number of hydrogen-bond donors (Lipinski definition) is 1. The van der Waals surface area contributed by atoms with Crippen LogP contribution in [0.3, 0.4) is 0 Å². The van der Waals surface area contributed by atoms with E-state index in [-0.39, 0.29) is 18.1 Å². The number of imidazole rings is 1. The predicted molar refractivity (Wildman–Crippen MR) is 98.2 cm³/mol. The van der Waals surface area contributed by atoms with Crippen molar-refractivity contribution >= 4 is 11.7 Å². The molecule has 0 bridgehead atoms. The number of hydrogen-bond acceptors (Lipinski definition) is 4. The van der Waals surface area contributed by atoms with E-state index in [1.807, 2.05) is 0 Å². The van der Waals surface area contributed by atoms with E-state index in [2.05, 4.69) is 10.3 Å². The molecule has 7 heteroatoms. The second-order valence-corrected chi connectivity index (χ2v) is 6.21. The summed E-state index contributed by atoms with van der Waals surface area (Å²) in [7, 11) is 3.14. The standard InChI is InChI=1S/C20H18FN3O3/c1-26-12-7-8-17(27-2)16(9-12)24-11-22-19-14(10-18(25)23-20(19)24)13-5-3-4-6-15(13)21/h3-9,11,14H,10H2,1-2H3,(H,23,25)/t14-/m1/s1. The van der Waals surface area contributed by atoms with E-state index in [1.165, 1.54) is 6.07 Å². The van der Waals surface area contributed by atoms with Crippen LogP contribution in [0.25, 0.3) is 5.69 Å². The van der Waals surface area contributed by atoms with Crippen LogP contribution < -0.4 is 14.8 Å².